The minimum atomic E-state index is -4.63. The van der Waals surface area contributed by atoms with Gasteiger partial charge in [0.15, 0.2) is 0 Å². The monoisotopic (exact) mass is 315 g/mol. The van der Waals surface area contributed by atoms with Crippen LogP contribution in [0.4, 0.5) is 18.9 Å². The smallest absolute Gasteiger partial charge is 0.416 e. The Bertz CT molecular complexity index is 680. The number of aromatic carboxylic acids is 1. The van der Waals surface area contributed by atoms with Crippen molar-refractivity contribution in [2.45, 2.75) is 6.18 Å². The van der Waals surface area contributed by atoms with E-state index < -0.39 is 34.9 Å². The predicted octanol–water partition coefficient (Wildman–Crippen LogP) is 3.72. The standard InChI is InChI=1S/C13H8F3NO3S/c14-13(15,16)8-1-2-9(12(19)20)10(5-8)17-11(18)7-3-4-21-6-7/h1-6H,(H,17,18)(H,19,20). The zero-order valence-corrected chi connectivity index (χ0v) is 11.1. The molecular weight excluding hydrogens is 307 g/mol. The predicted molar refractivity (Wildman–Crippen MR) is 70.7 cm³/mol. The molecule has 1 aromatic heterocycles. The van der Waals surface area contributed by atoms with Gasteiger partial charge in [0.25, 0.3) is 5.91 Å². The minimum absolute atomic E-state index is 0.244. The third-order valence-corrected chi connectivity index (χ3v) is 3.29. The normalized spacial score (nSPS) is 11.2. The van der Waals surface area contributed by atoms with Gasteiger partial charge in [-0.1, -0.05) is 0 Å². The number of carboxylic acid groups (broad SMARTS) is 1. The lowest BCUT2D eigenvalue weighted by atomic mass is 10.1. The van der Waals surface area contributed by atoms with Crippen LogP contribution in [0.2, 0.25) is 0 Å². The first-order chi connectivity index (χ1) is 9.79. The van der Waals surface area contributed by atoms with E-state index in [1.807, 2.05) is 0 Å². The van der Waals surface area contributed by atoms with Gasteiger partial charge in [-0.15, -0.1) is 0 Å². The van der Waals surface area contributed by atoms with Gasteiger partial charge >= 0.3 is 12.1 Å². The first-order valence-corrected chi connectivity index (χ1v) is 6.51. The number of rotatable bonds is 3. The molecule has 0 saturated carbocycles. The number of carbonyl (C=O) groups is 2. The molecule has 0 aliphatic carbocycles. The van der Waals surface area contributed by atoms with Crippen LogP contribution in [0.5, 0.6) is 0 Å². The van der Waals surface area contributed by atoms with Gasteiger partial charge in [0, 0.05) is 5.38 Å². The molecule has 21 heavy (non-hydrogen) atoms. The number of halogens is 3. The highest BCUT2D eigenvalue weighted by Crippen LogP contribution is 2.32. The van der Waals surface area contributed by atoms with Gasteiger partial charge in [-0.3, -0.25) is 4.79 Å². The molecule has 2 N–H and O–H groups in total. The van der Waals surface area contributed by atoms with Crippen LogP contribution in [0.3, 0.4) is 0 Å². The van der Waals surface area contributed by atoms with Crippen LogP contribution >= 0.6 is 11.3 Å². The van der Waals surface area contributed by atoms with E-state index in [4.69, 9.17) is 5.11 Å². The van der Waals surface area contributed by atoms with Crippen molar-refractivity contribution in [1.29, 1.82) is 0 Å². The molecule has 0 bridgehead atoms. The Balaban J connectivity index is 2.39. The van der Waals surface area contributed by atoms with Crippen molar-refractivity contribution >= 4 is 28.9 Å². The third-order valence-electron chi connectivity index (χ3n) is 2.61. The number of thiophene rings is 1. The van der Waals surface area contributed by atoms with Gasteiger partial charge in [-0.25, -0.2) is 4.79 Å². The molecule has 1 aromatic carbocycles. The van der Waals surface area contributed by atoms with Crippen LogP contribution in [-0.2, 0) is 6.18 Å². The number of nitrogens with one attached hydrogen (secondary N) is 1. The molecule has 8 heteroatoms. The number of amides is 1. The fourth-order valence-corrected chi connectivity index (χ4v) is 2.23. The topological polar surface area (TPSA) is 66.4 Å². The van der Waals surface area contributed by atoms with E-state index in [0.717, 1.165) is 6.07 Å². The van der Waals surface area contributed by atoms with Crippen molar-refractivity contribution in [3.05, 3.63) is 51.7 Å². The first kappa shape index (κ1) is 15.0. The Morgan fingerprint density at radius 1 is 1.19 bits per heavy atom. The Morgan fingerprint density at radius 3 is 2.43 bits per heavy atom. The minimum Gasteiger partial charge on any atom is -0.478 e. The number of benzene rings is 1. The fraction of sp³-hybridized carbons (Fsp3) is 0.0769. The van der Waals surface area contributed by atoms with Gasteiger partial charge in [-0.2, -0.15) is 24.5 Å². The zero-order chi connectivity index (χ0) is 15.6. The Labute approximate surface area is 120 Å². The summed E-state index contributed by atoms with van der Waals surface area (Å²) in [5.41, 5.74) is -1.60. The first-order valence-electron chi connectivity index (χ1n) is 5.57. The molecular formula is C13H8F3NO3S. The largest absolute Gasteiger partial charge is 0.478 e. The van der Waals surface area contributed by atoms with Crippen molar-refractivity contribution in [3.8, 4) is 0 Å². The summed E-state index contributed by atoms with van der Waals surface area (Å²) in [7, 11) is 0. The average Bonchev–Trinajstić information content (AvgIpc) is 2.91. The highest BCUT2D eigenvalue weighted by Gasteiger charge is 2.31. The lowest BCUT2D eigenvalue weighted by Gasteiger charge is -2.12. The average molecular weight is 315 g/mol. The molecule has 4 nitrogen and oxygen atoms in total. The summed E-state index contributed by atoms with van der Waals surface area (Å²) >= 11 is 1.24. The van der Waals surface area contributed by atoms with E-state index in [2.05, 4.69) is 5.32 Å². The van der Waals surface area contributed by atoms with Crippen molar-refractivity contribution in [3.63, 3.8) is 0 Å². The molecule has 0 aliphatic heterocycles. The molecule has 1 amide bonds. The van der Waals surface area contributed by atoms with Gasteiger partial charge in [0.2, 0.25) is 0 Å². The van der Waals surface area contributed by atoms with Crippen LogP contribution in [0.15, 0.2) is 35.0 Å². The summed E-state index contributed by atoms with van der Waals surface area (Å²) < 4.78 is 38.0. The molecule has 0 atom stereocenters. The van der Waals surface area contributed by atoms with Crippen LogP contribution in [0, 0.1) is 0 Å². The summed E-state index contributed by atoms with van der Waals surface area (Å²) in [6, 6.07) is 3.56. The Kier molecular flexibility index (Phi) is 3.99. The molecule has 0 saturated heterocycles. The molecule has 2 aromatic rings. The third kappa shape index (κ3) is 3.40. The quantitative estimate of drug-likeness (QED) is 0.907. The highest BCUT2D eigenvalue weighted by atomic mass is 32.1. The van der Waals surface area contributed by atoms with Gasteiger partial charge in [0.05, 0.1) is 22.4 Å². The molecule has 1 heterocycles. The van der Waals surface area contributed by atoms with Crippen molar-refractivity contribution < 1.29 is 27.9 Å². The molecule has 0 aliphatic rings. The second kappa shape index (κ2) is 5.57. The molecule has 2 rings (SSSR count). The molecule has 0 spiro atoms. The van der Waals surface area contributed by atoms with E-state index in [0.29, 0.717) is 12.1 Å². The van der Waals surface area contributed by atoms with E-state index in [1.165, 1.54) is 22.8 Å². The number of alkyl halides is 3. The van der Waals surface area contributed by atoms with Crippen LogP contribution < -0.4 is 5.32 Å². The van der Waals surface area contributed by atoms with Crippen molar-refractivity contribution in [2.24, 2.45) is 0 Å². The fourth-order valence-electron chi connectivity index (χ4n) is 1.60. The summed E-state index contributed by atoms with van der Waals surface area (Å²) in [4.78, 5) is 22.9. The Hall–Kier alpha value is -2.35. The summed E-state index contributed by atoms with van der Waals surface area (Å²) in [5.74, 6) is -2.09. The van der Waals surface area contributed by atoms with Crippen LogP contribution in [0.1, 0.15) is 26.3 Å². The second-order valence-corrected chi connectivity index (χ2v) is 4.81. The number of hydrogen-bond acceptors (Lipinski definition) is 3. The lowest BCUT2D eigenvalue weighted by molar-refractivity contribution is -0.137. The summed E-state index contributed by atoms with van der Waals surface area (Å²) in [6.07, 6.45) is -4.63. The molecule has 0 unspecified atom stereocenters. The number of hydrogen-bond donors (Lipinski definition) is 2. The summed E-state index contributed by atoms with van der Waals surface area (Å²) in [5, 5.41) is 14.3. The molecule has 0 fully saturated rings. The van der Waals surface area contributed by atoms with E-state index in [-0.39, 0.29) is 5.56 Å². The maximum Gasteiger partial charge on any atom is 0.416 e. The second-order valence-electron chi connectivity index (χ2n) is 4.03. The summed E-state index contributed by atoms with van der Waals surface area (Å²) in [6.45, 7) is 0. The van der Waals surface area contributed by atoms with Gasteiger partial charge < -0.3 is 10.4 Å². The van der Waals surface area contributed by atoms with Crippen molar-refractivity contribution in [1.82, 2.24) is 0 Å². The number of carboxylic acids is 1. The van der Waals surface area contributed by atoms with Crippen LogP contribution in [-0.4, -0.2) is 17.0 Å². The Morgan fingerprint density at radius 2 is 1.90 bits per heavy atom. The van der Waals surface area contributed by atoms with Gasteiger partial charge in [0.1, 0.15) is 0 Å². The number of anilines is 1. The number of carbonyl (C=O) groups excluding carboxylic acids is 1. The lowest BCUT2D eigenvalue weighted by Crippen LogP contribution is -2.16. The molecule has 0 radical (unpaired) electrons. The zero-order valence-electron chi connectivity index (χ0n) is 10.3. The van der Waals surface area contributed by atoms with Crippen LogP contribution in [0.25, 0.3) is 0 Å². The maximum atomic E-state index is 12.7. The van der Waals surface area contributed by atoms with Gasteiger partial charge in [-0.05, 0) is 29.6 Å². The highest BCUT2D eigenvalue weighted by molar-refractivity contribution is 7.08. The van der Waals surface area contributed by atoms with E-state index in [1.54, 1.807) is 5.38 Å². The van der Waals surface area contributed by atoms with E-state index in [9.17, 15) is 22.8 Å². The van der Waals surface area contributed by atoms with E-state index >= 15 is 0 Å². The van der Waals surface area contributed by atoms with Crippen molar-refractivity contribution in [2.75, 3.05) is 5.32 Å². The SMILES string of the molecule is O=C(Nc1cc(C(F)(F)F)ccc1C(=O)O)c1ccsc1. The maximum absolute atomic E-state index is 12.7. The molecule has 110 valence electrons.